The Morgan fingerprint density at radius 3 is 2.68 bits per heavy atom. The first-order valence-electron chi connectivity index (χ1n) is 10.1. The highest BCUT2D eigenvalue weighted by atomic mass is 16.5. The fourth-order valence-electron chi connectivity index (χ4n) is 3.94. The maximum Gasteiger partial charge on any atom is 0.254 e. The van der Waals surface area contributed by atoms with E-state index in [2.05, 4.69) is 6.92 Å². The summed E-state index contributed by atoms with van der Waals surface area (Å²) < 4.78 is 5.54. The van der Waals surface area contributed by atoms with Gasteiger partial charge in [-0.1, -0.05) is 18.2 Å². The molecule has 0 saturated carbocycles. The first-order valence-corrected chi connectivity index (χ1v) is 10.1. The highest BCUT2D eigenvalue weighted by molar-refractivity contribution is 6.07. The summed E-state index contributed by atoms with van der Waals surface area (Å²) in [6.45, 7) is 5.58. The molecule has 0 spiro atoms. The molecule has 0 aliphatic carbocycles. The minimum Gasteiger partial charge on any atom is -0.494 e. The van der Waals surface area contributed by atoms with Crippen molar-refractivity contribution in [2.45, 2.75) is 39.2 Å². The molecule has 2 aromatic carbocycles. The van der Waals surface area contributed by atoms with Crippen LogP contribution in [0, 0.1) is 0 Å². The van der Waals surface area contributed by atoms with Crippen molar-refractivity contribution in [3.63, 3.8) is 0 Å². The molecule has 3 aromatic rings. The summed E-state index contributed by atoms with van der Waals surface area (Å²) in [7, 11) is 0. The third-order valence-electron chi connectivity index (χ3n) is 5.47. The van der Waals surface area contributed by atoms with Gasteiger partial charge in [0, 0.05) is 23.5 Å². The fourth-order valence-corrected chi connectivity index (χ4v) is 3.94. The number of amides is 1. The lowest BCUT2D eigenvalue weighted by atomic mass is 9.99. The van der Waals surface area contributed by atoms with Gasteiger partial charge in [0.1, 0.15) is 5.75 Å². The van der Waals surface area contributed by atoms with Crippen LogP contribution in [0.4, 0.5) is 0 Å². The van der Waals surface area contributed by atoms with Gasteiger partial charge in [-0.3, -0.25) is 4.79 Å². The molecule has 0 bridgehead atoms. The number of benzene rings is 2. The molecule has 1 saturated heterocycles. The zero-order valence-electron chi connectivity index (χ0n) is 16.5. The third kappa shape index (κ3) is 3.59. The highest BCUT2D eigenvalue weighted by Gasteiger charge is 2.26. The Morgan fingerprint density at radius 2 is 1.93 bits per heavy atom. The molecule has 4 heteroatoms. The Bertz CT molecular complexity index is 982. The molecular weight excluding hydrogens is 348 g/mol. The molecular formula is C24H26N2O2. The number of nitrogens with zero attached hydrogens (tertiary/aromatic N) is 2. The molecule has 0 radical (unpaired) electrons. The Hall–Kier alpha value is -2.88. The number of hydrogen-bond acceptors (Lipinski definition) is 3. The average molecular weight is 374 g/mol. The van der Waals surface area contributed by atoms with Crippen LogP contribution in [0.15, 0.2) is 54.6 Å². The number of rotatable bonds is 4. The third-order valence-corrected chi connectivity index (χ3v) is 5.47. The maximum absolute atomic E-state index is 13.4. The van der Waals surface area contributed by atoms with Gasteiger partial charge in [-0.25, -0.2) is 4.98 Å². The standard InChI is InChI=1S/C24H26N2O2/c1-3-28-19-13-11-18(12-14-19)23-16-21(20-9-4-5-10-22(20)25-23)24(27)26-15-7-6-8-17(26)2/h4-5,9-14,16-17H,3,6-8,15H2,1-2H3. The molecule has 1 amide bonds. The van der Waals surface area contributed by atoms with E-state index in [9.17, 15) is 4.79 Å². The van der Waals surface area contributed by atoms with Gasteiger partial charge < -0.3 is 9.64 Å². The van der Waals surface area contributed by atoms with Gasteiger partial charge in [0.2, 0.25) is 0 Å². The summed E-state index contributed by atoms with van der Waals surface area (Å²) >= 11 is 0. The van der Waals surface area contributed by atoms with Crippen LogP contribution in [0.25, 0.3) is 22.2 Å². The number of carbonyl (C=O) groups excluding carboxylic acids is 1. The number of ether oxygens (including phenoxy) is 1. The number of hydrogen-bond donors (Lipinski definition) is 0. The Balaban J connectivity index is 1.78. The Kier molecular flexibility index (Phi) is 5.29. The van der Waals surface area contributed by atoms with E-state index >= 15 is 0 Å². The number of fused-ring (bicyclic) bond motifs is 1. The smallest absolute Gasteiger partial charge is 0.254 e. The molecule has 28 heavy (non-hydrogen) atoms. The lowest BCUT2D eigenvalue weighted by Gasteiger charge is -2.33. The molecule has 0 N–H and O–H groups in total. The minimum atomic E-state index is 0.109. The van der Waals surface area contributed by atoms with E-state index < -0.39 is 0 Å². The largest absolute Gasteiger partial charge is 0.494 e. The predicted octanol–water partition coefficient (Wildman–Crippen LogP) is 5.32. The van der Waals surface area contributed by atoms with Crippen LogP contribution < -0.4 is 4.74 Å². The van der Waals surface area contributed by atoms with Crippen molar-refractivity contribution in [2.75, 3.05) is 13.2 Å². The van der Waals surface area contributed by atoms with E-state index in [-0.39, 0.29) is 11.9 Å². The predicted molar refractivity (Wildman–Crippen MR) is 113 cm³/mol. The number of carbonyl (C=O) groups is 1. The van der Waals surface area contributed by atoms with Crippen molar-refractivity contribution in [3.8, 4) is 17.0 Å². The van der Waals surface area contributed by atoms with E-state index in [1.807, 2.05) is 66.4 Å². The van der Waals surface area contributed by atoms with Crippen LogP contribution in [0.5, 0.6) is 5.75 Å². The van der Waals surface area contributed by atoms with E-state index in [1.54, 1.807) is 0 Å². The Morgan fingerprint density at radius 1 is 1.14 bits per heavy atom. The highest BCUT2D eigenvalue weighted by Crippen LogP contribution is 2.28. The lowest BCUT2D eigenvalue weighted by molar-refractivity contribution is 0.0637. The summed E-state index contributed by atoms with van der Waals surface area (Å²) in [6.07, 6.45) is 3.34. The van der Waals surface area contributed by atoms with Gasteiger partial charge in [0.05, 0.1) is 23.4 Å². The van der Waals surface area contributed by atoms with E-state index in [4.69, 9.17) is 9.72 Å². The number of likely N-dealkylation sites (tertiary alicyclic amines) is 1. The summed E-state index contributed by atoms with van der Waals surface area (Å²) in [4.78, 5) is 20.3. The van der Waals surface area contributed by atoms with Gasteiger partial charge in [-0.2, -0.15) is 0 Å². The van der Waals surface area contributed by atoms with Crippen molar-refractivity contribution in [1.29, 1.82) is 0 Å². The van der Waals surface area contributed by atoms with E-state index in [0.29, 0.717) is 6.61 Å². The van der Waals surface area contributed by atoms with Crippen molar-refractivity contribution in [3.05, 3.63) is 60.2 Å². The zero-order chi connectivity index (χ0) is 19.5. The van der Waals surface area contributed by atoms with Gasteiger partial charge in [0.15, 0.2) is 0 Å². The fraction of sp³-hybridized carbons (Fsp3) is 0.333. The summed E-state index contributed by atoms with van der Waals surface area (Å²) in [5.74, 6) is 0.948. The van der Waals surface area contributed by atoms with Crippen molar-refractivity contribution in [1.82, 2.24) is 9.88 Å². The van der Waals surface area contributed by atoms with Crippen LogP contribution in [0.3, 0.4) is 0 Å². The van der Waals surface area contributed by atoms with Crippen molar-refractivity contribution >= 4 is 16.8 Å². The topological polar surface area (TPSA) is 42.4 Å². The minimum absolute atomic E-state index is 0.109. The molecule has 1 atom stereocenters. The first-order chi connectivity index (χ1) is 13.7. The zero-order valence-corrected chi connectivity index (χ0v) is 16.5. The molecule has 1 unspecified atom stereocenters. The Labute approximate surface area is 166 Å². The number of aromatic nitrogens is 1. The molecule has 4 nitrogen and oxygen atoms in total. The average Bonchev–Trinajstić information content (AvgIpc) is 2.73. The first kappa shape index (κ1) is 18.5. The van der Waals surface area contributed by atoms with Crippen molar-refractivity contribution in [2.24, 2.45) is 0 Å². The van der Waals surface area contributed by atoms with Crippen LogP contribution >= 0.6 is 0 Å². The molecule has 1 aromatic heterocycles. The molecule has 1 fully saturated rings. The number of piperidine rings is 1. The van der Waals surface area contributed by atoms with Crippen LogP contribution in [-0.4, -0.2) is 35.0 Å². The van der Waals surface area contributed by atoms with Crippen LogP contribution in [0.1, 0.15) is 43.5 Å². The molecule has 4 rings (SSSR count). The van der Waals surface area contributed by atoms with Crippen LogP contribution in [0.2, 0.25) is 0 Å². The second-order valence-corrected chi connectivity index (χ2v) is 7.37. The van der Waals surface area contributed by atoms with Gasteiger partial charge in [-0.05, 0) is 69.5 Å². The second kappa shape index (κ2) is 8.01. The SMILES string of the molecule is CCOc1ccc(-c2cc(C(=O)N3CCCCC3C)c3ccccc3n2)cc1. The van der Waals surface area contributed by atoms with Gasteiger partial charge >= 0.3 is 0 Å². The molecule has 1 aliphatic rings. The van der Waals surface area contributed by atoms with E-state index in [0.717, 1.165) is 52.9 Å². The summed E-state index contributed by atoms with van der Waals surface area (Å²) in [6, 6.07) is 18.0. The van der Waals surface area contributed by atoms with Gasteiger partial charge in [-0.15, -0.1) is 0 Å². The number of para-hydroxylation sites is 1. The quantitative estimate of drug-likeness (QED) is 0.621. The summed E-state index contributed by atoms with van der Waals surface area (Å²) in [5.41, 5.74) is 3.38. The molecule has 144 valence electrons. The van der Waals surface area contributed by atoms with Crippen molar-refractivity contribution < 1.29 is 9.53 Å². The van der Waals surface area contributed by atoms with Crippen LogP contribution in [-0.2, 0) is 0 Å². The summed E-state index contributed by atoms with van der Waals surface area (Å²) in [5, 5.41) is 0.917. The monoisotopic (exact) mass is 374 g/mol. The van der Waals surface area contributed by atoms with Gasteiger partial charge in [0.25, 0.3) is 5.91 Å². The molecule has 1 aliphatic heterocycles. The lowest BCUT2D eigenvalue weighted by Crippen LogP contribution is -2.42. The maximum atomic E-state index is 13.4. The normalized spacial score (nSPS) is 16.9. The second-order valence-electron chi connectivity index (χ2n) is 7.37. The molecule has 2 heterocycles. The van der Waals surface area contributed by atoms with E-state index in [1.165, 1.54) is 6.42 Å². The number of pyridine rings is 1.